The zero-order valence-electron chi connectivity index (χ0n) is 18.7. The van der Waals surface area contributed by atoms with Gasteiger partial charge >= 0.3 is 0 Å². The Hall–Kier alpha value is -5.53. The molecule has 0 fully saturated rings. The Morgan fingerprint density at radius 2 is 0.971 bits per heavy atom. The molecule has 0 atom stereocenters. The lowest BCUT2D eigenvalue weighted by Gasteiger charge is -2.07. The first-order valence-corrected chi connectivity index (χ1v) is 10.8. The predicted molar refractivity (Wildman–Crippen MR) is 135 cm³/mol. The van der Waals surface area contributed by atoms with Crippen LogP contribution in [0.1, 0.15) is 38.9 Å². The molecule has 0 N–H and O–H groups in total. The van der Waals surface area contributed by atoms with Gasteiger partial charge in [0.2, 0.25) is 0 Å². The number of nitrogens with zero attached hydrogens (tertiary/aromatic N) is 3. The molecule has 0 bridgehead atoms. The van der Waals surface area contributed by atoms with Gasteiger partial charge in [-0.25, -0.2) is 0 Å². The van der Waals surface area contributed by atoms with Gasteiger partial charge in [0.25, 0.3) is 0 Å². The Bertz CT molecular complexity index is 1610. The van der Waals surface area contributed by atoms with Crippen LogP contribution in [0.2, 0.25) is 0 Å². The molecule has 4 aromatic carbocycles. The predicted octanol–water partition coefficient (Wildman–Crippen LogP) is 5.96. The summed E-state index contributed by atoms with van der Waals surface area (Å²) in [4.78, 5) is 0. The van der Waals surface area contributed by atoms with Crippen LogP contribution < -0.4 is 0 Å². The molecule has 3 nitrogen and oxygen atoms in total. The zero-order valence-corrected chi connectivity index (χ0v) is 18.7. The minimum atomic E-state index is 0.363. The van der Waals surface area contributed by atoms with Gasteiger partial charge in [-0.2, -0.15) is 15.8 Å². The van der Waals surface area contributed by atoms with E-state index in [0.717, 1.165) is 38.9 Å². The average Bonchev–Trinajstić information content (AvgIpc) is 2.92. The first kappa shape index (κ1) is 22.7. The van der Waals surface area contributed by atoms with E-state index in [1.54, 1.807) is 24.3 Å². The summed E-state index contributed by atoms with van der Waals surface area (Å²) < 4.78 is 0. The Morgan fingerprint density at radius 1 is 0.486 bits per heavy atom. The third-order valence-electron chi connectivity index (χ3n) is 5.29. The van der Waals surface area contributed by atoms with Gasteiger partial charge < -0.3 is 0 Å². The molecule has 0 saturated carbocycles. The SMILES string of the molecule is N#CCc1ccc(-c2cc(C#Cc3ccc(C#N)cc3)ccc2C#Cc2ccc(C#N)cc2)cc1. The lowest BCUT2D eigenvalue weighted by atomic mass is 9.96. The van der Waals surface area contributed by atoms with E-state index in [4.69, 9.17) is 15.8 Å². The van der Waals surface area contributed by atoms with Crippen molar-refractivity contribution in [3.8, 4) is 53.0 Å². The van der Waals surface area contributed by atoms with Crippen LogP contribution in [0.25, 0.3) is 11.1 Å². The summed E-state index contributed by atoms with van der Waals surface area (Å²) in [6.45, 7) is 0. The molecule has 4 rings (SSSR count). The molecule has 4 aromatic rings. The van der Waals surface area contributed by atoms with Gasteiger partial charge in [0, 0.05) is 22.3 Å². The third kappa shape index (κ3) is 5.83. The minimum Gasteiger partial charge on any atom is -0.198 e. The molecule has 160 valence electrons. The highest BCUT2D eigenvalue weighted by atomic mass is 14.2. The van der Waals surface area contributed by atoms with Crippen LogP contribution in [0.15, 0.2) is 91.0 Å². The van der Waals surface area contributed by atoms with Crippen molar-refractivity contribution >= 4 is 0 Å². The Morgan fingerprint density at radius 3 is 1.51 bits per heavy atom. The highest BCUT2D eigenvalue weighted by Gasteiger charge is 2.06. The van der Waals surface area contributed by atoms with Gasteiger partial charge in [0.1, 0.15) is 0 Å². The second-order valence-corrected chi connectivity index (χ2v) is 7.67. The molecule has 0 spiro atoms. The molecule has 0 aliphatic carbocycles. The molecule has 0 aliphatic heterocycles. The topological polar surface area (TPSA) is 71.4 Å². The number of rotatable bonds is 2. The van der Waals surface area contributed by atoms with Crippen LogP contribution in [-0.2, 0) is 6.42 Å². The van der Waals surface area contributed by atoms with Gasteiger partial charge in [0.05, 0.1) is 35.8 Å². The summed E-state index contributed by atoms with van der Waals surface area (Å²) >= 11 is 0. The maximum atomic E-state index is 8.99. The van der Waals surface area contributed by atoms with Crippen molar-refractivity contribution in [3.05, 3.63) is 130 Å². The summed E-state index contributed by atoms with van der Waals surface area (Å²) in [7, 11) is 0. The van der Waals surface area contributed by atoms with Crippen molar-refractivity contribution in [2.24, 2.45) is 0 Å². The van der Waals surface area contributed by atoms with Gasteiger partial charge in [-0.3, -0.25) is 0 Å². The Balaban J connectivity index is 1.72. The normalized spacial score (nSPS) is 9.29. The van der Waals surface area contributed by atoms with Crippen molar-refractivity contribution in [1.29, 1.82) is 15.8 Å². The molecule has 0 unspecified atom stereocenters. The molecule has 0 saturated heterocycles. The average molecular weight is 444 g/mol. The highest BCUT2D eigenvalue weighted by Crippen LogP contribution is 2.25. The smallest absolute Gasteiger partial charge is 0.0991 e. The summed E-state index contributed by atoms with van der Waals surface area (Å²) in [5.74, 6) is 12.8. The van der Waals surface area contributed by atoms with E-state index >= 15 is 0 Å². The van der Waals surface area contributed by atoms with E-state index in [1.807, 2.05) is 66.7 Å². The summed E-state index contributed by atoms with van der Waals surface area (Å²) in [5, 5.41) is 26.9. The summed E-state index contributed by atoms with van der Waals surface area (Å²) in [5.41, 5.74) is 7.43. The minimum absolute atomic E-state index is 0.363. The van der Waals surface area contributed by atoms with E-state index in [1.165, 1.54) is 0 Å². The summed E-state index contributed by atoms with van der Waals surface area (Å²) in [6, 6.07) is 34.5. The van der Waals surface area contributed by atoms with Crippen molar-refractivity contribution in [2.75, 3.05) is 0 Å². The fourth-order valence-corrected chi connectivity index (χ4v) is 3.40. The van der Waals surface area contributed by atoms with E-state index in [9.17, 15) is 0 Å². The summed E-state index contributed by atoms with van der Waals surface area (Å²) in [6.07, 6.45) is 0.363. The lowest BCUT2D eigenvalue weighted by Crippen LogP contribution is -1.89. The largest absolute Gasteiger partial charge is 0.198 e. The van der Waals surface area contributed by atoms with Gasteiger partial charge in [-0.15, -0.1) is 0 Å². The van der Waals surface area contributed by atoms with Crippen LogP contribution >= 0.6 is 0 Å². The number of nitriles is 3. The monoisotopic (exact) mass is 443 g/mol. The van der Waals surface area contributed by atoms with Crippen LogP contribution in [0.3, 0.4) is 0 Å². The maximum Gasteiger partial charge on any atom is 0.0991 e. The van der Waals surface area contributed by atoms with Crippen molar-refractivity contribution in [2.45, 2.75) is 6.42 Å². The first-order valence-electron chi connectivity index (χ1n) is 10.8. The molecular formula is C32H17N3. The quantitative estimate of drug-likeness (QED) is 0.359. The van der Waals surface area contributed by atoms with E-state index in [-0.39, 0.29) is 0 Å². The van der Waals surface area contributed by atoms with Crippen LogP contribution in [0, 0.1) is 57.7 Å². The number of hydrogen-bond acceptors (Lipinski definition) is 3. The second-order valence-electron chi connectivity index (χ2n) is 7.67. The van der Waals surface area contributed by atoms with E-state index in [0.29, 0.717) is 17.5 Å². The third-order valence-corrected chi connectivity index (χ3v) is 5.29. The van der Waals surface area contributed by atoms with Crippen molar-refractivity contribution < 1.29 is 0 Å². The molecule has 0 aliphatic rings. The molecular weight excluding hydrogens is 426 g/mol. The standard InChI is InChI=1S/C32H17N3/c33-20-19-26-12-16-30(17-13-26)32-21-27(6-1-24-2-7-28(22-34)8-3-24)14-18-31(32)15-11-25-4-9-29(23-35)10-5-25/h2-5,7-10,12-14,16-18,21H,19H2. The number of benzene rings is 4. The molecule has 35 heavy (non-hydrogen) atoms. The van der Waals surface area contributed by atoms with Crippen LogP contribution in [0.4, 0.5) is 0 Å². The molecule has 0 heterocycles. The van der Waals surface area contributed by atoms with Crippen LogP contribution in [0.5, 0.6) is 0 Å². The first-order chi connectivity index (χ1) is 17.2. The fourth-order valence-electron chi connectivity index (χ4n) is 3.40. The Labute approximate surface area is 205 Å². The van der Waals surface area contributed by atoms with Gasteiger partial charge in [0.15, 0.2) is 0 Å². The maximum absolute atomic E-state index is 8.99. The number of hydrogen-bond donors (Lipinski definition) is 0. The zero-order chi connectivity index (χ0) is 24.5. The van der Waals surface area contributed by atoms with Crippen molar-refractivity contribution in [3.63, 3.8) is 0 Å². The second kappa shape index (κ2) is 10.9. The molecule has 0 radical (unpaired) electrons. The molecule has 0 aromatic heterocycles. The van der Waals surface area contributed by atoms with Gasteiger partial charge in [-0.1, -0.05) is 47.9 Å². The van der Waals surface area contributed by atoms with Gasteiger partial charge in [-0.05, 0) is 83.4 Å². The highest BCUT2D eigenvalue weighted by molar-refractivity contribution is 5.73. The molecule has 0 amide bonds. The van der Waals surface area contributed by atoms with E-state index < -0.39 is 0 Å². The lowest BCUT2D eigenvalue weighted by molar-refractivity contribution is 1.26. The van der Waals surface area contributed by atoms with Crippen LogP contribution in [-0.4, -0.2) is 0 Å². The van der Waals surface area contributed by atoms with Crippen molar-refractivity contribution in [1.82, 2.24) is 0 Å². The Kier molecular flexibility index (Phi) is 7.03. The van der Waals surface area contributed by atoms with E-state index in [2.05, 4.69) is 41.9 Å². The molecule has 3 heteroatoms. The fraction of sp³-hybridized carbons (Fsp3) is 0.0312.